The number of carbonyl (C=O) groups is 1. The fourth-order valence-corrected chi connectivity index (χ4v) is 3.24. The van der Waals surface area contributed by atoms with Crippen molar-refractivity contribution in [1.29, 1.82) is 0 Å². The zero-order valence-electron chi connectivity index (χ0n) is 16.9. The van der Waals surface area contributed by atoms with E-state index in [1.807, 2.05) is 68.1 Å². The van der Waals surface area contributed by atoms with Crippen molar-refractivity contribution in [3.63, 3.8) is 0 Å². The van der Waals surface area contributed by atoms with Crippen LogP contribution in [0.4, 0.5) is 16.2 Å². The average Bonchev–Trinajstić information content (AvgIpc) is 2.70. The molecule has 6 nitrogen and oxygen atoms in total. The number of urea groups is 1. The van der Waals surface area contributed by atoms with Crippen LogP contribution >= 0.6 is 0 Å². The van der Waals surface area contributed by atoms with Gasteiger partial charge in [-0.15, -0.1) is 0 Å². The molecule has 28 heavy (non-hydrogen) atoms. The van der Waals surface area contributed by atoms with Gasteiger partial charge in [-0.3, -0.25) is 0 Å². The van der Waals surface area contributed by atoms with Crippen molar-refractivity contribution in [3.05, 3.63) is 48.5 Å². The largest absolute Gasteiger partial charge is 0.492 e. The summed E-state index contributed by atoms with van der Waals surface area (Å²) in [4.78, 5) is 16.7. The van der Waals surface area contributed by atoms with E-state index in [-0.39, 0.29) is 12.1 Å². The monoisotopic (exact) mass is 383 g/mol. The molecule has 0 spiro atoms. The molecule has 2 amide bonds. The third kappa shape index (κ3) is 5.09. The van der Waals surface area contributed by atoms with E-state index < -0.39 is 0 Å². The van der Waals surface area contributed by atoms with E-state index >= 15 is 0 Å². The summed E-state index contributed by atoms with van der Waals surface area (Å²) in [6.07, 6.45) is 0.129. The summed E-state index contributed by atoms with van der Waals surface area (Å²) in [6.45, 7) is 9.49. The fraction of sp³-hybridized carbons (Fsp3) is 0.409. The van der Waals surface area contributed by atoms with Gasteiger partial charge in [0.05, 0.1) is 18.4 Å². The Hall–Kier alpha value is -2.89. The summed E-state index contributed by atoms with van der Waals surface area (Å²) in [6, 6.07) is 15.5. The molecular weight excluding hydrogens is 354 g/mol. The Kier molecular flexibility index (Phi) is 6.63. The summed E-state index contributed by atoms with van der Waals surface area (Å²) in [5.41, 5.74) is 1.86. The number of benzene rings is 2. The maximum Gasteiger partial charge on any atom is 0.321 e. The van der Waals surface area contributed by atoms with Crippen LogP contribution in [0.5, 0.6) is 11.5 Å². The molecule has 0 aliphatic carbocycles. The summed E-state index contributed by atoms with van der Waals surface area (Å²) in [7, 11) is 0. The van der Waals surface area contributed by atoms with Gasteiger partial charge in [-0.2, -0.15) is 0 Å². The predicted molar refractivity (Wildman–Crippen MR) is 113 cm³/mol. The highest BCUT2D eigenvalue weighted by molar-refractivity contribution is 5.89. The summed E-state index contributed by atoms with van der Waals surface area (Å²) in [5, 5.41) is 2.97. The quantitative estimate of drug-likeness (QED) is 0.811. The van der Waals surface area contributed by atoms with Gasteiger partial charge in [0, 0.05) is 31.9 Å². The smallest absolute Gasteiger partial charge is 0.321 e. The molecule has 3 rings (SSSR count). The van der Waals surface area contributed by atoms with Crippen LogP contribution in [-0.2, 0) is 0 Å². The molecular formula is C22H29N3O3. The number of carbonyl (C=O) groups excluding carboxylic acids is 1. The first-order chi connectivity index (χ1) is 13.6. The Bertz CT molecular complexity index is 769. The predicted octanol–water partition coefficient (Wildman–Crippen LogP) is 4.23. The molecule has 150 valence electrons. The maximum absolute atomic E-state index is 12.6. The van der Waals surface area contributed by atoms with Crippen molar-refractivity contribution < 1.29 is 14.3 Å². The second kappa shape index (κ2) is 9.35. The highest BCUT2D eigenvalue weighted by atomic mass is 16.5. The van der Waals surface area contributed by atoms with E-state index in [1.165, 1.54) is 0 Å². The number of nitrogens with one attached hydrogen (secondary N) is 1. The Morgan fingerprint density at radius 3 is 2.36 bits per heavy atom. The van der Waals surface area contributed by atoms with Crippen LogP contribution in [0.1, 0.15) is 20.8 Å². The molecule has 6 heteroatoms. The van der Waals surface area contributed by atoms with Crippen LogP contribution in [0.3, 0.4) is 0 Å². The van der Waals surface area contributed by atoms with Crippen molar-refractivity contribution in [2.75, 3.05) is 43.0 Å². The lowest BCUT2D eigenvalue weighted by atomic mass is 10.2. The summed E-state index contributed by atoms with van der Waals surface area (Å²) in [5.74, 6) is 1.70. The number of hydrogen-bond donors (Lipinski definition) is 1. The van der Waals surface area contributed by atoms with Gasteiger partial charge in [0.25, 0.3) is 0 Å². The minimum absolute atomic E-state index is 0.0738. The van der Waals surface area contributed by atoms with Gasteiger partial charge in [0.2, 0.25) is 0 Å². The molecule has 0 saturated carbocycles. The molecule has 1 heterocycles. The van der Waals surface area contributed by atoms with E-state index in [4.69, 9.17) is 9.47 Å². The molecule has 0 unspecified atom stereocenters. The first-order valence-electron chi connectivity index (χ1n) is 9.86. The molecule has 1 N–H and O–H groups in total. The van der Waals surface area contributed by atoms with Gasteiger partial charge in [0.1, 0.15) is 11.5 Å². The van der Waals surface area contributed by atoms with Gasteiger partial charge < -0.3 is 24.6 Å². The lowest BCUT2D eigenvalue weighted by Crippen LogP contribution is -2.50. The zero-order valence-corrected chi connectivity index (χ0v) is 16.9. The van der Waals surface area contributed by atoms with Crippen LogP contribution in [-0.4, -0.2) is 49.8 Å². The minimum Gasteiger partial charge on any atom is -0.492 e. The third-order valence-corrected chi connectivity index (χ3v) is 4.55. The van der Waals surface area contributed by atoms with Crippen molar-refractivity contribution in [2.24, 2.45) is 0 Å². The average molecular weight is 383 g/mol. The van der Waals surface area contributed by atoms with E-state index in [9.17, 15) is 4.79 Å². The Morgan fingerprint density at radius 2 is 1.71 bits per heavy atom. The normalized spacial score (nSPS) is 14.1. The van der Waals surface area contributed by atoms with Gasteiger partial charge in [0.15, 0.2) is 0 Å². The number of amides is 2. The molecule has 2 aromatic carbocycles. The Balaban J connectivity index is 1.54. The number of hydrogen-bond acceptors (Lipinski definition) is 4. The van der Waals surface area contributed by atoms with Gasteiger partial charge in [-0.1, -0.05) is 12.1 Å². The highest BCUT2D eigenvalue weighted by Gasteiger charge is 2.23. The van der Waals surface area contributed by atoms with Crippen molar-refractivity contribution in [3.8, 4) is 11.5 Å². The van der Waals surface area contributed by atoms with Crippen LogP contribution in [0.25, 0.3) is 0 Å². The molecule has 0 bridgehead atoms. The number of para-hydroxylation sites is 2. The second-order valence-corrected chi connectivity index (χ2v) is 7.00. The first-order valence-corrected chi connectivity index (χ1v) is 9.86. The highest BCUT2D eigenvalue weighted by Crippen LogP contribution is 2.29. The fourth-order valence-electron chi connectivity index (χ4n) is 3.24. The lowest BCUT2D eigenvalue weighted by Gasteiger charge is -2.36. The lowest BCUT2D eigenvalue weighted by molar-refractivity contribution is 0.208. The molecule has 0 atom stereocenters. The van der Waals surface area contributed by atoms with Crippen LogP contribution in [0.2, 0.25) is 0 Å². The first kappa shape index (κ1) is 19.9. The molecule has 1 saturated heterocycles. The van der Waals surface area contributed by atoms with E-state index in [1.54, 1.807) is 0 Å². The SMILES string of the molecule is CCOc1ccccc1N1CCN(C(=O)Nc2ccc(OC(C)C)cc2)CC1. The third-order valence-electron chi connectivity index (χ3n) is 4.55. The van der Waals surface area contributed by atoms with Gasteiger partial charge in [-0.05, 0) is 57.2 Å². The van der Waals surface area contributed by atoms with Crippen molar-refractivity contribution in [1.82, 2.24) is 4.90 Å². The van der Waals surface area contributed by atoms with Crippen molar-refractivity contribution in [2.45, 2.75) is 26.9 Å². The second-order valence-electron chi connectivity index (χ2n) is 7.00. The van der Waals surface area contributed by atoms with E-state index in [2.05, 4.69) is 16.3 Å². The Labute approximate surface area is 167 Å². The topological polar surface area (TPSA) is 54.0 Å². The summed E-state index contributed by atoms with van der Waals surface area (Å²) >= 11 is 0. The van der Waals surface area contributed by atoms with Gasteiger partial charge >= 0.3 is 6.03 Å². The Morgan fingerprint density at radius 1 is 1.04 bits per heavy atom. The molecule has 0 radical (unpaired) electrons. The number of nitrogens with zero attached hydrogens (tertiary/aromatic N) is 2. The molecule has 1 aliphatic heterocycles. The summed E-state index contributed by atoms with van der Waals surface area (Å²) < 4.78 is 11.4. The molecule has 2 aromatic rings. The zero-order chi connectivity index (χ0) is 19.9. The maximum atomic E-state index is 12.6. The van der Waals surface area contributed by atoms with E-state index in [0.29, 0.717) is 19.7 Å². The number of rotatable bonds is 6. The van der Waals surface area contributed by atoms with Crippen LogP contribution in [0.15, 0.2) is 48.5 Å². The van der Waals surface area contributed by atoms with Crippen LogP contribution < -0.4 is 19.7 Å². The van der Waals surface area contributed by atoms with Gasteiger partial charge in [-0.25, -0.2) is 4.79 Å². The number of anilines is 2. The van der Waals surface area contributed by atoms with E-state index in [0.717, 1.165) is 36.0 Å². The number of piperazine rings is 1. The van der Waals surface area contributed by atoms with Crippen LogP contribution in [0, 0.1) is 0 Å². The molecule has 1 fully saturated rings. The minimum atomic E-state index is -0.0738. The molecule has 1 aliphatic rings. The number of ether oxygens (including phenoxy) is 2. The standard InChI is InChI=1S/C22H29N3O3/c1-4-27-21-8-6-5-7-20(21)24-13-15-25(16-14-24)22(26)23-18-9-11-19(12-10-18)28-17(2)3/h5-12,17H,4,13-16H2,1-3H3,(H,23,26). The van der Waals surface area contributed by atoms with Crippen molar-refractivity contribution >= 4 is 17.4 Å². The molecule has 0 aromatic heterocycles.